The molecule has 0 aliphatic heterocycles. The Hall–Kier alpha value is -3.41. The van der Waals surface area contributed by atoms with Crippen molar-refractivity contribution in [2.24, 2.45) is 0 Å². The molecule has 0 aliphatic carbocycles. The van der Waals surface area contributed by atoms with Crippen molar-refractivity contribution in [1.82, 2.24) is 14.8 Å². The molecule has 0 aliphatic rings. The Morgan fingerprint density at radius 1 is 1.08 bits per heavy atom. The van der Waals surface area contributed by atoms with Gasteiger partial charge in [-0.1, -0.05) is 18.2 Å². The fraction of sp³-hybridized carbons (Fsp3) is 0.105. The van der Waals surface area contributed by atoms with Crippen LogP contribution in [0.2, 0.25) is 0 Å². The molecule has 0 radical (unpaired) electrons. The quantitative estimate of drug-likeness (QED) is 0.617. The number of carbonyl (C=O) groups is 1. The Morgan fingerprint density at radius 3 is 2.52 bits per heavy atom. The standard InChI is InChI=1S/C19H16N4O2/c1-13(18-10-14-4-2-3-5-17(14)25-18)19(24)22-15-6-8-16(9-7-15)23-11-20-21-12-23/h2-13H,1H3,(H,22,24)/t13-/m0/s1. The molecule has 1 N–H and O–H groups in total. The average Bonchev–Trinajstić information content (AvgIpc) is 3.31. The zero-order valence-electron chi connectivity index (χ0n) is 13.6. The summed E-state index contributed by atoms with van der Waals surface area (Å²) < 4.78 is 7.57. The molecule has 0 unspecified atom stereocenters. The van der Waals surface area contributed by atoms with Gasteiger partial charge in [0.1, 0.15) is 24.0 Å². The van der Waals surface area contributed by atoms with Gasteiger partial charge >= 0.3 is 0 Å². The first-order valence-corrected chi connectivity index (χ1v) is 7.95. The molecule has 124 valence electrons. The number of anilines is 1. The van der Waals surface area contributed by atoms with Crippen LogP contribution in [-0.4, -0.2) is 20.7 Å². The number of nitrogens with zero attached hydrogens (tertiary/aromatic N) is 3. The molecular weight excluding hydrogens is 316 g/mol. The molecule has 4 rings (SSSR count). The van der Waals surface area contributed by atoms with E-state index in [2.05, 4.69) is 15.5 Å². The highest BCUT2D eigenvalue weighted by molar-refractivity contribution is 5.96. The van der Waals surface area contributed by atoms with Gasteiger partial charge in [0, 0.05) is 16.8 Å². The third-order valence-electron chi connectivity index (χ3n) is 4.12. The Kier molecular flexibility index (Phi) is 3.78. The molecule has 2 aromatic heterocycles. The summed E-state index contributed by atoms with van der Waals surface area (Å²) in [6.45, 7) is 1.83. The molecule has 6 nitrogen and oxygen atoms in total. The maximum Gasteiger partial charge on any atom is 0.234 e. The van der Waals surface area contributed by atoms with Gasteiger partial charge in [0.25, 0.3) is 0 Å². The van der Waals surface area contributed by atoms with Crippen molar-refractivity contribution >= 4 is 22.6 Å². The van der Waals surface area contributed by atoms with Crippen molar-refractivity contribution in [3.05, 3.63) is 73.0 Å². The summed E-state index contributed by atoms with van der Waals surface area (Å²) in [6.07, 6.45) is 3.24. The molecule has 25 heavy (non-hydrogen) atoms. The van der Waals surface area contributed by atoms with E-state index in [9.17, 15) is 4.79 Å². The van der Waals surface area contributed by atoms with Gasteiger partial charge in [-0.15, -0.1) is 10.2 Å². The van der Waals surface area contributed by atoms with Gasteiger partial charge in [-0.05, 0) is 43.3 Å². The number of nitrogens with one attached hydrogen (secondary N) is 1. The minimum Gasteiger partial charge on any atom is -0.460 e. The Labute approximate surface area is 144 Å². The van der Waals surface area contributed by atoms with Crippen molar-refractivity contribution < 1.29 is 9.21 Å². The van der Waals surface area contributed by atoms with Gasteiger partial charge in [-0.25, -0.2) is 0 Å². The van der Waals surface area contributed by atoms with Crippen LogP contribution >= 0.6 is 0 Å². The molecule has 4 aromatic rings. The molecular formula is C19H16N4O2. The number of benzene rings is 2. The fourth-order valence-electron chi connectivity index (χ4n) is 2.65. The summed E-state index contributed by atoms with van der Waals surface area (Å²) in [5, 5.41) is 11.5. The molecule has 0 fully saturated rings. The van der Waals surface area contributed by atoms with Crippen molar-refractivity contribution in [2.75, 3.05) is 5.32 Å². The molecule has 6 heteroatoms. The highest BCUT2D eigenvalue weighted by Crippen LogP contribution is 2.26. The predicted molar refractivity (Wildman–Crippen MR) is 94.6 cm³/mol. The van der Waals surface area contributed by atoms with Gasteiger partial charge in [0.05, 0.1) is 5.92 Å². The summed E-state index contributed by atoms with van der Waals surface area (Å²) in [7, 11) is 0. The van der Waals surface area contributed by atoms with Gasteiger partial charge in [0.2, 0.25) is 5.91 Å². The van der Waals surface area contributed by atoms with E-state index >= 15 is 0 Å². The molecule has 0 saturated carbocycles. The summed E-state index contributed by atoms with van der Waals surface area (Å²) >= 11 is 0. The monoisotopic (exact) mass is 332 g/mol. The molecule has 0 spiro atoms. The lowest BCUT2D eigenvalue weighted by atomic mass is 10.1. The van der Waals surface area contributed by atoms with Crippen LogP contribution in [0, 0.1) is 0 Å². The van der Waals surface area contributed by atoms with E-state index in [1.54, 1.807) is 17.2 Å². The predicted octanol–water partition coefficient (Wildman–Crippen LogP) is 3.76. The Morgan fingerprint density at radius 2 is 1.80 bits per heavy atom. The second-order valence-electron chi connectivity index (χ2n) is 5.81. The average molecular weight is 332 g/mol. The summed E-state index contributed by atoms with van der Waals surface area (Å²) in [5.41, 5.74) is 2.44. The topological polar surface area (TPSA) is 73.0 Å². The zero-order chi connectivity index (χ0) is 17.2. The minimum atomic E-state index is -0.384. The van der Waals surface area contributed by atoms with Crippen LogP contribution in [0.15, 0.2) is 71.7 Å². The minimum absolute atomic E-state index is 0.115. The second kappa shape index (κ2) is 6.24. The SMILES string of the molecule is C[C@H](C(=O)Nc1ccc(-n2cnnc2)cc1)c1cc2ccccc2o1. The number of para-hydroxylation sites is 1. The van der Waals surface area contributed by atoms with E-state index < -0.39 is 0 Å². The summed E-state index contributed by atoms with van der Waals surface area (Å²) in [4.78, 5) is 12.5. The lowest BCUT2D eigenvalue weighted by molar-refractivity contribution is -0.117. The number of fused-ring (bicyclic) bond motifs is 1. The van der Waals surface area contributed by atoms with E-state index in [-0.39, 0.29) is 11.8 Å². The van der Waals surface area contributed by atoms with Crippen LogP contribution in [0.5, 0.6) is 0 Å². The Bertz CT molecular complexity index is 971. The van der Waals surface area contributed by atoms with Crippen LogP contribution in [-0.2, 0) is 4.79 Å². The summed E-state index contributed by atoms with van der Waals surface area (Å²) in [5.74, 6) is 0.154. The van der Waals surface area contributed by atoms with E-state index in [0.717, 1.165) is 22.3 Å². The highest BCUT2D eigenvalue weighted by Gasteiger charge is 2.19. The van der Waals surface area contributed by atoms with Gasteiger partial charge in [-0.3, -0.25) is 9.36 Å². The number of rotatable bonds is 4. The maximum absolute atomic E-state index is 12.5. The molecule has 1 atom stereocenters. The van der Waals surface area contributed by atoms with Crippen LogP contribution in [0.25, 0.3) is 16.7 Å². The van der Waals surface area contributed by atoms with Crippen LogP contribution in [0.3, 0.4) is 0 Å². The lowest BCUT2D eigenvalue weighted by Crippen LogP contribution is -2.18. The number of hydrogen-bond acceptors (Lipinski definition) is 4. The lowest BCUT2D eigenvalue weighted by Gasteiger charge is -2.10. The van der Waals surface area contributed by atoms with Crippen LogP contribution in [0.1, 0.15) is 18.6 Å². The fourth-order valence-corrected chi connectivity index (χ4v) is 2.65. The van der Waals surface area contributed by atoms with Crippen molar-refractivity contribution in [3.63, 3.8) is 0 Å². The van der Waals surface area contributed by atoms with E-state index in [0.29, 0.717) is 5.76 Å². The first-order chi connectivity index (χ1) is 12.2. The van der Waals surface area contributed by atoms with Gasteiger partial charge in [-0.2, -0.15) is 0 Å². The third-order valence-corrected chi connectivity index (χ3v) is 4.12. The van der Waals surface area contributed by atoms with Crippen molar-refractivity contribution in [3.8, 4) is 5.69 Å². The second-order valence-corrected chi connectivity index (χ2v) is 5.81. The first kappa shape index (κ1) is 15.1. The van der Waals surface area contributed by atoms with E-state index in [4.69, 9.17) is 4.42 Å². The largest absolute Gasteiger partial charge is 0.460 e. The summed E-state index contributed by atoms with van der Waals surface area (Å²) in [6, 6.07) is 17.1. The first-order valence-electron chi connectivity index (χ1n) is 7.95. The van der Waals surface area contributed by atoms with Crippen LogP contribution in [0.4, 0.5) is 5.69 Å². The van der Waals surface area contributed by atoms with E-state index in [1.807, 2.05) is 61.5 Å². The highest BCUT2D eigenvalue weighted by atomic mass is 16.3. The van der Waals surface area contributed by atoms with E-state index in [1.165, 1.54) is 0 Å². The van der Waals surface area contributed by atoms with Gasteiger partial charge < -0.3 is 9.73 Å². The Balaban J connectivity index is 1.49. The van der Waals surface area contributed by atoms with Crippen molar-refractivity contribution in [2.45, 2.75) is 12.8 Å². The van der Waals surface area contributed by atoms with Crippen LogP contribution < -0.4 is 5.32 Å². The number of aromatic nitrogens is 3. The molecule has 2 heterocycles. The number of carbonyl (C=O) groups excluding carboxylic acids is 1. The number of amides is 1. The molecule has 2 aromatic carbocycles. The third kappa shape index (κ3) is 3.01. The number of furan rings is 1. The zero-order valence-corrected chi connectivity index (χ0v) is 13.6. The number of hydrogen-bond donors (Lipinski definition) is 1. The molecule has 0 bridgehead atoms. The molecule has 1 amide bonds. The maximum atomic E-state index is 12.5. The smallest absolute Gasteiger partial charge is 0.234 e. The van der Waals surface area contributed by atoms with Gasteiger partial charge in [0.15, 0.2) is 0 Å². The van der Waals surface area contributed by atoms with Crippen molar-refractivity contribution in [1.29, 1.82) is 0 Å². The molecule has 0 saturated heterocycles. The normalized spacial score (nSPS) is 12.2.